The third-order valence-electron chi connectivity index (χ3n) is 4.78. The molecule has 0 radical (unpaired) electrons. The normalized spacial score (nSPS) is 16.0. The number of carbonyl (C=O) groups is 1. The molecule has 4 nitrogen and oxygen atoms in total. The van der Waals surface area contributed by atoms with Crippen LogP contribution in [0.25, 0.3) is 0 Å². The number of carbonyl (C=O) groups excluding carboxylic acids is 1. The van der Waals surface area contributed by atoms with Gasteiger partial charge in [0.05, 0.1) is 12.3 Å². The molecule has 3 aromatic carbocycles. The molecule has 0 saturated carbocycles. The average molecular weight is 390 g/mol. The molecule has 1 N–H and O–H groups in total. The molecule has 0 fully saturated rings. The Kier molecular flexibility index (Phi) is 5.40. The Balaban J connectivity index is 1.56. The van der Waals surface area contributed by atoms with Gasteiger partial charge in [-0.15, -0.1) is 0 Å². The van der Waals surface area contributed by atoms with Crippen molar-refractivity contribution in [1.29, 1.82) is 0 Å². The van der Waals surface area contributed by atoms with Gasteiger partial charge < -0.3 is 5.32 Å². The van der Waals surface area contributed by atoms with Crippen molar-refractivity contribution in [3.8, 4) is 0 Å². The summed E-state index contributed by atoms with van der Waals surface area (Å²) in [7, 11) is 0. The topological polar surface area (TPSA) is 44.7 Å². The second-order valence-corrected chi connectivity index (χ2v) is 7.12. The molecule has 140 valence electrons. The first-order valence-corrected chi connectivity index (χ1v) is 9.57. The van der Waals surface area contributed by atoms with Crippen molar-refractivity contribution >= 4 is 23.3 Å². The van der Waals surface area contributed by atoms with Crippen LogP contribution >= 0.6 is 11.6 Å². The van der Waals surface area contributed by atoms with Crippen molar-refractivity contribution in [3.63, 3.8) is 0 Å². The number of amides is 2. The predicted molar refractivity (Wildman–Crippen MR) is 113 cm³/mol. The lowest BCUT2D eigenvalue weighted by Crippen LogP contribution is -2.35. The van der Waals surface area contributed by atoms with Crippen LogP contribution in [0.15, 0.2) is 90.0 Å². The molecule has 1 atom stereocenters. The van der Waals surface area contributed by atoms with E-state index in [1.165, 1.54) is 5.01 Å². The number of nitrogens with one attached hydrogen (secondary N) is 1. The van der Waals surface area contributed by atoms with Crippen LogP contribution in [0.2, 0.25) is 5.02 Å². The Bertz CT molecular complexity index is 972. The summed E-state index contributed by atoms with van der Waals surface area (Å²) < 4.78 is 0. The van der Waals surface area contributed by atoms with Gasteiger partial charge in [0.15, 0.2) is 0 Å². The summed E-state index contributed by atoms with van der Waals surface area (Å²) in [4.78, 5) is 12.7. The van der Waals surface area contributed by atoms with Gasteiger partial charge in [0, 0.05) is 17.5 Å². The van der Waals surface area contributed by atoms with Crippen molar-refractivity contribution < 1.29 is 4.79 Å². The first kappa shape index (κ1) is 18.3. The highest BCUT2D eigenvalue weighted by Crippen LogP contribution is 2.29. The summed E-state index contributed by atoms with van der Waals surface area (Å²) in [6.45, 7) is 0.973. The van der Waals surface area contributed by atoms with Crippen LogP contribution in [0.4, 0.5) is 4.79 Å². The maximum atomic E-state index is 12.7. The number of hydrogen-bond donors (Lipinski definition) is 1. The average Bonchev–Trinajstić information content (AvgIpc) is 3.19. The van der Waals surface area contributed by atoms with Crippen LogP contribution in [-0.2, 0) is 6.54 Å². The molecule has 2 amide bonds. The number of hydrazone groups is 1. The molecule has 0 aliphatic carbocycles. The third-order valence-corrected chi connectivity index (χ3v) is 5.03. The summed E-state index contributed by atoms with van der Waals surface area (Å²) in [5, 5.41) is 9.80. The van der Waals surface area contributed by atoms with Crippen molar-refractivity contribution in [3.05, 3.63) is 107 Å². The van der Waals surface area contributed by atoms with Gasteiger partial charge in [-0.3, -0.25) is 0 Å². The Hall–Kier alpha value is -3.11. The zero-order valence-electron chi connectivity index (χ0n) is 15.3. The van der Waals surface area contributed by atoms with E-state index in [9.17, 15) is 4.79 Å². The minimum Gasteiger partial charge on any atom is -0.332 e. The van der Waals surface area contributed by atoms with Crippen molar-refractivity contribution in [1.82, 2.24) is 10.3 Å². The highest BCUT2D eigenvalue weighted by Gasteiger charge is 2.32. The Morgan fingerprint density at radius 1 is 0.964 bits per heavy atom. The first-order chi connectivity index (χ1) is 13.7. The van der Waals surface area contributed by atoms with Crippen LogP contribution < -0.4 is 5.32 Å². The van der Waals surface area contributed by atoms with Gasteiger partial charge in [0.25, 0.3) is 0 Å². The van der Waals surface area contributed by atoms with Gasteiger partial charge in [-0.25, -0.2) is 9.80 Å². The van der Waals surface area contributed by atoms with Crippen molar-refractivity contribution in [2.24, 2.45) is 5.10 Å². The molecular formula is C23H20ClN3O. The van der Waals surface area contributed by atoms with E-state index in [1.54, 1.807) is 0 Å². The predicted octanol–water partition coefficient (Wildman–Crippen LogP) is 5.05. The van der Waals surface area contributed by atoms with E-state index in [-0.39, 0.29) is 11.9 Å². The quantitative estimate of drug-likeness (QED) is 0.666. The molecule has 0 aromatic heterocycles. The molecule has 28 heavy (non-hydrogen) atoms. The summed E-state index contributed by atoms with van der Waals surface area (Å²) in [6, 6.07) is 27.4. The Labute approximate surface area is 169 Å². The molecule has 0 bridgehead atoms. The molecule has 4 rings (SSSR count). The van der Waals surface area contributed by atoms with Gasteiger partial charge in [0.2, 0.25) is 0 Å². The second kappa shape index (κ2) is 8.28. The van der Waals surface area contributed by atoms with E-state index in [0.29, 0.717) is 18.1 Å². The lowest BCUT2D eigenvalue weighted by Gasteiger charge is -2.16. The largest absolute Gasteiger partial charge is 0.338 e. The lowest BCUT2D eigenvalue weighted by molar-refractivity contribution is 0.203. The van der Waals surface area contributed by atoms with Crippen LogP contribution in [0.5, 0.6) is 0 Å². The van der Waals surface area contributed by atoms with E-state index in [4.69, 9.17) is 11.6 Å². The summed E-state index contributed by atoms with van der Waals surface area (Å²) in [5.74, 6) is 0.0184. The Morgan fingerprint density at radius 3 is 2.29 bits per heavy atom. The minimum absolute atomic E-state index is 0.0184. The van der Waals surface area contributed by atoms with Gasteiger partial charge in [-0.2, -0.15) is 5.10 Å². The van der Waals surface area contributed by atoms with E-state index in [1.807, 2.05) is 72.8 Å². The monoisotopic (exact) mass is 389 g/mol. The van der Waals surface area contributed by atoms with Crippen LogP contribution in [0, 0.1) is 0 Å². The van der Waals surface area contributed by atoms with Crippen LogP contribution in [-0.4, -0.2) is 23.3 Å². The molecule has 0 spiro atoms. The zero-order chi connectivity index (χ0) is 19.3. The Morgan fingerprint density at radius 2 is 1.61 bits per heavy atom. The lowest BCUT2D eigenvalue weighted by atomic mass is 9.91. The maximum Gasteiger partial charge on any atom is 0.338 e. The first-order valence-electron chi connectivity index (χ1n) is 9.19. The second-order valence-electron chi connectivity index (χ2n) is 6.68. The van der Waals surface area contributed by atoms with Gasteiger partial charge in [-0.1, -0.05) is 84.4 Å². The van der Waals surface area contributed by atoms with Crippen LogP contribution in [0.3, 0.4) is 0 Å². The molecule has 1 aliphatic heterocycles. The van der Waals surface area contributed by atoms with E-state index < -0.39 is 0 Å². The molecular weight excluding hydrogens is 370 g/mol. The van der Waals surface area contributed by atoms with E-state index in [0.717, 1.165) is 22.4 Å². The number of nitrogens with zero attached hydrogens (tertiary/aromatic N) is 2. The maximum absolute atomic E-state index is 12.7. The number of rotatable bonds is 4. The third kappa shape index (κ3) is 4.07. The van der Waals surface area contributed by atoms with Gasteiger partial charge >= 0.3 is 6.03 Å². The summed E-state index contributed by atoms with van der Waals surface area (Å²) in [6.07, 6.45) is 0. The fourth-order valence-corrected chi connectivity index (χ4v) is 3.45. The molecule has 3 aromatic rings. The fourth-order valence-electron chi connectivity index (χ4n) is 3.32. The molecule has 0 saturated heterocycles. The van der Waals surface area contributed by atoms with Gasteiger partial charge in [0.1, 0.15) is 0 Å². The highest BCUT2D eigenvalue weighted by atomic mass is 35.5. The number of hydrogen-bond acceptors (Lipinski definition) is 2. The zero-order valence-corrected chi connectivity index (χ0v) is 16.0. The van der Waals surface area contributed by atoms with Crippen LogP contribution in [0.1, 0.15) is 22.6 Å². The standard InChI is InChI=1S/C23H20ClN3O/c24-20-13-11-19(12-14-20)22-21(18-9-5-2-6-10-18)16-27(26-22)23(28)25-15-17-7-3-1-4-8-17/h1-14,21H,15-16H2,(H,25,28). The smallest absolute Gasteiger partial charge is 0.332 e. The summed E-state index contributed by atoms with van der Waals surface area (Å²) >= 11 is 6.04. The molecule has 1 unspecified atom stereocenters. The van der Waals surface area contributed by atoms with E-state index in [2.05, 4.69) is 22.6 Å². The molecule has 5 heteroatoms. The number of benzene rings is 3. The number of halogens is 1. The SMILES string of the molecule is O=C(NCc1ccccc1)N1CC(c2ccccc2)C(c2ccc(Cl)cc2)=N1. The van der Waals surface area contributed by atoms with Gasteiger partial charge in [-0.05, 0) is 28.8 Å². The summed E-state index contributed by atoms with van der Waals surface area (Å²) in [5.41, 5.74) is 4.03. The van der Waals surface area contributed by atoms with Crippen molar-refractivity contribution in [2.75, 3.05) is 6.54 Å². The fraction of sp³-hybridized carbons (Fsp3) is 0.130. The highest BCUT2D eigenvalue weighted by molar-refractivity contribution is 6.30. The number of urea groups is 1. The van der Waals surface area contributed by atoms with Crippen molar-refractivity contribution in [2.45, 2.75) is 12.5 Å². The minimum atomic E-state index is -0.200. The molecule has 1 heterocycles. The molecule has 1 aliphatic rings. The van der Waals surface area contributed by atoms with E-state index >= 15 is 0 Å².